The van der Waals surface area contributed by atoms with Crippen LogP contribution in [-0.2, 0) is 10.1 Å². The van der Waals surface area contributed by atoms with Gasteiger partial charge in [0.25, 0.3) is 0 Å². The number of alkyl halides is 6. The van der Waals surface area contributed by atoms with Gasteiger partial charge in [0, 0.05) is 0 Å². The lowest BCUT2D eigenvalue weighted by Gasteiger charge is -2.34. The quantitative estimate of drug-likeness (QED) is 0.390. The average molecular weight is 375 g/mol. The summed E-state index contributed by atoms with van der Waals surface area (Å²) in [6.45, 7) is 14.2. The van der Waals surface area contributed by atoms with Crippen LogP contribution in [0.4, 0.5) is 26.3 Å². The summed E-state index contributed by atoms with van der Waals surface area (Å²) >= 11 is 0. The standard InChI is InChI=1S/C8H20N.C4H4F6O3S/c1-5-9(6-2,7-3)8-4;5-2(1-3(6,7)8)4(9,10)14(11,12)13/h5-8H2,1-4H3;2H,1H2,(H,11,12,13)/q+1;/p-1. The van der Waals surface area contributed by atoms with Gasteiger partial charge in [0.05, 0.1) is 32.6 Å². The molecule has 0 aliphatic rings. The van der Waals surface area contributed by atoms with Crippen LogP contribution < -0.4 is 0 Å². The Bertz CT molecular complexity index is 417. The molecule has 142 valence electrons. The van der Waals surface area contributed by atoms with Gasteiger partial charge in [0.15, 0.2) is 16.3 Å². The predicted octanol–water partition coefficient (Wildman–Crippen LogP) is 3.30. The number of hydrogen-bond acceptors (Lipinski definition) is 3. The van der Waals surface area contributed by atoms with Crippen molar-refractivity contribution in [1.82, 2.24) is 0 Å². The van der Waals surface area contributed by atoms with Gasteiger partial charge < -0.3 is 9.04 Å². The molecule has 0 saturated carbocycles. The van der Waals surface area contributed by atoms with Gasteiger partial charge in [-0.25, -0.2) is 12.8 Å². The first-order valence-electron chi connectivity index (χ1n) is 7.01. The molecule has 0 fully saturated rings. The Morgan fingerprint density at radius 3 is 1.35 bits per heavy atom. The molecule has 0 rings (SSSR count). The zero-order valence-corrected chi connectivity index (χ0v) is 14.3. The molecule has 0 bridgehead atoms. The predicted molar refractivity (Wildman–Crippen MR) is 72.6 cm³/mol. The third kappa shape index (κ3) is 8.20. The van der Waals surface area contributed by atoms with Crippen LogP contribution in [0, 0.1) is 0 Å². The Labute approximate surface area is 132 Å². The van der Waals surface area contributed by atoms with E-state index < -0.39 is 34.1 Å². The molecule has 0 radical (unpaired) electrons. The van der Waals surface area contributed by atoms with Gasteiger partial charge >= 0.3 is 11.4 Å². The molecule has 0 aromatic heterocycles. The van der Waals surface area contributed by atoms with Crippen LogP contribution in [0.15, 0.2) is 0 Å². The monoisotopic (exact) mass is 375 g/mol. The Kier molecular flexibility index (Phi) is 9.74. The first-order valence-corrected chi connectivity index (χ1v) is 8.42. The molecule has 0 N–H and O–H groups in total. The van der Waals surface area contributed by atoms with E-state index in [1.54, 1.807) is 0 Å². The zero-order valence-electron chi connectivity index (χ0n) is 13.5. The van der Waals surface area contributed by atoms with Crippen molar-refractivity contribution in [3.63, 3.8) is 0 Å². The van der Waals surface area contributed by atoms with Crippen LogP contribution in [0.3, 0.4) is 0 Å². The van der Waals surface area contributed by atoms with E-state index in [0.717, 1.165) is 0 Å². The average Bonchev–Trinajstić information content (AvgIpc) is 2.39. The summed E-state index contributed by atoms with van der Waals surface area (Å²) in [5, 5.41) is -5.57. The van der Waals surface area contributed by atoms with E-state index in [-0.39, 0.29) is 0 Å². The van der Waals surface area contributed by atoms with E-state index in [2.05, 4.69) is 27.7 Å². The van der Waals surface area contributed by atoms with Crippen molar-refractivity contribution in [3.05, 3.63) is 0 Å². The maximum atomic E-state index is 12.1. The highest BCUT2D eigenvalue weighted by atomic mass is 32.2. The summed E-state index contributed by atoms with van der Waals surface area (Å²) < 4.78 is 101. The Morgan fingerprint density at radius 2 is 1.22 bits per heavy atom. The molecular formula is C12H23F6NO3S. The molecule has 0 aliphatic heterocycles. The first kappa shape index (κ1) is 24.7. The lowest BCUT2D eigenvalue weighted by atomic mass is 10.3. The smallest absolute Gasteiger partial charge is 0.392 e. The van der Waals surface area contributed by atoms with Crippen molar-refractivity contribution < 1.29 is 43.8 Å². The van der Waals surface area contributed by atoms with Crippen LogP contribution in [0.1, 0.15) is 34.1 Å². The van der Waals surface area contributed by atoms with Gasteiger partial charge in [-0.1, -0.05) is 0 Å². The highest BCUT2D eigenvalue weighted by molar-refractivity contribution is 7.86. The van der Waals surface area contributed by atoms with E-state index in [9.17, 15) is 39.3 Å². The highest BCUT2D eigenvalue weighted by Gasteiger charge is 2.51. The van der Waals surface area contributed by atoms with Crippen molar-refractivity contribution >= 4 is 10.1 Å². The van der Waals surface area contributed by atoms with E-state index in [1.807, 2.05) is 0 Å². The van der Waals surface area contributed by atoms with Crippen LogP contribution >= 0.6 is 0 Å². The summed E-state index contributed by atoms with van der Waals surface area (Å²) in [5.74, 6) is 0. The third-order valence-corrected chi connectivity index (χ3v) is 4.71. The van der Waals surface area contributed by atoms with Crippen molar-refractivity contribution in [3.8, 4) is 0 Å². The lowest BCUT2D eigenvalue weighted by molar-refractivity contribution is -0.921. The number of rotatable bonds is 7. The van der Waals surface area contributed by atoms with Gasteiger partial charge in [-0.3, -0.25) is 0 Å². The molecule has 0 amide bonds. The maximum Gasteiger partial charge on any atom is 0.392 e. The Hall–Kier alpha value is -0.550. The summed E-state index contributed by atoms with van der Waals surface area (Å²) in [7, 11) is -6.43. The molecule has 1 atom stereocenters. The molecule has 0 saturated heterocycles. The van der Waals surface area contributed by atoms with Gasteiger partial charge in [-0.15, -0.1) is 0 Å². The second-order valence-corrected chi connectivity index (χ2v) is 6.36. The number of nitrogens with zero attached hydrogens (tertiary/aromatic N) is 1. The van der Waals surface area contributed by atoms with Crippen LogP contribution in [0.2, 0.25) is 0 Å². The zero-order chi connectivity index (χ0) is 19.1. The molecule has 1 unspecified atom stereocenters. The fourth-order valence-corrected chi connectivity index (χ4v) is 2.22. The topological polar surface area (TPSA) is 57.2 Å². The largest absolute Gasteiger partial charge is 0.743 e. The van der Waals surface area contributed by atoms with Crippen LogP contribution in [-0.4, -0.2) is 61.2 Å². The summed E-state index contributed by atoms with van der Waals surface area (Å²) in [6, 6.07) is 0. The minimum absolute atomic E-state index is 1.28. The molecule has 11 heteroatoms. The molecular weight excluding hydrogens is 352 g/mol. The molecule has 0 aromatic carbocycles. The Balaban J connectivity index is 0. The van der Waals surface area contributed by atoms with E-state index >= 15 is 0 Å². The fourth-order valence-electron chi connectivity index (χ4n) is 1.82. The fraction of sp³-hybridized carbons (Fsp3) is 1.00. The summed E-state index contributed by atoms with van der Waals surface area (Å²) in [5.41, 5.74) is 0. The lowest BCUT2D eigenvalue weighted by Crippen LogP contribution is -2.47. The van der Waals surface area contributed by atoms with Crippen molar-refractivity contribution in [1.29, 1.82) is 0 Å². The van der Waals surface area contributed by atoms with E-state index in [0.29, 0.717) is 0 Å². The molecule has 23 heavy (non-hydrogen) atoms. The molecule has 0 aliphatic carbocycles. The van der Waals surface area contributed by atoms with Crippen LogP contribution in [0.5, 0.6) is 0 Å². The number of quaternary nitrogens is 1. The number of halogens is 6. The van der Waals surface area contributed by atoms with Gasteiger partial charge in [0.1, 0.15) is 0 Å². The van der Waals surface area contributed by atoms with E-state index in [1.165, 1.54) is 30.7 Å². The molecule has 0 aromatic rings. The van der Waals surface area contributed by atoms with Crippen molar-refractivity contribution in [2.75, 3.05) is 26.2 Å². The Morgan fingerprint density at radius 1 is 0.913 bits per heavy atom. The summed E-state index contributed by atoms with van der Waals surface area (Å²) in [4.78, 5) is 0. The highest BCUT2D eigenvalue weighted by Crippen LogP contribution is 2.34. The minimum Gasteiger partial charge on any atom is -0.743 e. The van der Waals surface area contributed by atoms with Gasteiger partial charge in [0.2, 0.25) is 0 Å². The maximum absolute atomic E-state index is 12.1. The van der Waals surface area contributed by atoms with Crippen LogP contribution in [0.25, 0.3) is 0 Å². The van der Waals surface area contributed by atoms with E-state index in [4.69, 9.17) is 0 Å². The third-order valence-electron chi connectivity index (χ3n) is 3.79. The van der Waals surface area contributed by atoms with Crippen molar-refractivity contribution in [2.45, 2.75) is 51.7 Å². The normalized spacial score (nSPS) is 14.9. The van der Waals surface area contributed by atoms with Gasteiger partial charge in [-0.2, -0.15) is 22.0 Å². The summed E-state index contributed by atoms with van der Waals surface area (Å²) in [6.07, 6.45) is -12.1. The molecule has 0 spiro atoms. The van der Waals surface area contributed by atoms with Crippen molar-refractivity contribution in [2.24, 2.45) is 0 Å². The second kappa shape index (κ2) is 9.07. The first-order chi connectivity index (χ1) is 10.1. The minimum atomic E-state index is -6.43. The number of hydrogen-bond donors (Lipinski definition) is 0. The second-order valence-electron chi connectivity index (χ2n) is 4.91. The van der Waals surface area contributed by atoms with Gasteiger partial charge in [-0.05, 0) is 27.7 Å². The molecule has 4 nitrogen and oxygen atoms in total. The molecule has 0 heterocycles. The SMILES string of the molecule is CC[N+](CC)(CC)CC.O=S(=O)([O-])C(F)(F)C(F)CC(F)(F)F.